The summed E-state index contributed by atoms with van der Waals surface area (Å²) in [7, 11) is 1.41. The summed E-state index contributed by atoms with van der Waals surface area (Å²) in [5.41, 5.74) is 2.33. The van der Waals surface area contributed by atoms with Crippen molar-refractivity contribution in [3.05, 3.63) is 45.5 Å². The summed E-state index contributed by atoms with van der Waals surface area (Å²) in [6.07, 6.45) is 5.72. The third-order valence-corrected chi connectivity index (χ3v) is 4.25. The average molecular weight is 299 g/mol. The van der Waals surface area contributed by atoms with Crippen molar-refractivity contribution in [2.45, 2.75) is 25.7 Å². The number of rotatable bonds is 3. The Kier molecular flexibility index (Phi) is 4.89. The third kappa shape index (κ3) is 3.74. The van der Waals surface area contributed by atoms with Crippen LogP contribution >= 0.6 is 23.2 Å². The SMILES string of the molecule is COC(=O)/C=C1\CCC[C@H]1Cc1ccc(Cl)c(Cl)c1. The first-order valence-corrected chi connectivity index (χ1v) is 7.08. The van der Waals surface area contributed by atoms with Crippen LogP contribution in [0.25, 0.3) is 0 Å². The summed E-state index contributed by atoms with van der Waals surface area (Å²) in [6.45, 7) is 0. The van der Waals surface area contributed by atoms with E-state index in [1.165, 1.54) is 12.7 Å². The van der Waals surface area contributed by atoms with E-state index in [0.717, 1.165) is 31.2 Å². The lowest BCUT2D eigenvalue weighted by Gasteiger charge is -2.12. The molecule has 1 aliphatic rings. The molecule has 1 fully saturated rings. The van der Waals surface area contributed by atoms with Gasteiger partial charge in [0.05, 0.1) is 17.2 Å². The monoisotopic (exact) mass is 298 g/mol. The number of allylic oxidation sites excluding steroid dienone is 1. The van der Waals surface area contributed by atoms with Gasteiger partial charge in [-0.1, -0.05) is 34.8 Å². The van der Waals surface area contributed by atoms with E-state index in [4.69, 9.17) is 27.9 Å². The number of methoxy groups -OCH3 is 1. The fraction of sp³-hybridized carbons (Fsp3) is 0.400. The highest BCUT2D eigenvalue weighted by Gasteiger charge is 2.22. The standard InChI is InChI=1S/C15H16Cl2O2/c1-19-15(18)9-12-4-2-3-11(12)7-10-5-6-13(16)14(17)8-10/h5-6,8-9,11H,2-4,7H2,1H3/b12-9+/t11-/m0/s1. The molecule has 19 heavy (non-hydrogen) atoms. The summed E-state index contributed by atoms with van der Waals surface area (Å²) in [4.78, 5) is 11.3. The van der Waals surface area contributed by atoms with Crippen LogP contribution in [0.5, 0.6) is 0 Å². The van der Waals surface area contributed by atoms with Crippen molar-refractivity contribution in [3.8, 4) is 0 Å². The summed E-state index contributed by atoms with van der Waals surface area (Å²) in [5, 5.41) is 1.15. The van der Waals surface area contributed by atoms with Crippen LogP contribution in [-0.4, -0.2) is 13.1 Å². The predicted octanol–water partition coefficient (Wildman–Crippen LogP) is 4.44. The van der Waals surface area contributed by atoms with Crippen LogP contribution in [0.15, 0.2) is 29.8 Å². The minimum atomic E-state index is -0.268. The van der Waals surface area contributed by atoms with Gasteiger partial charge < -0.3 is 4.74 Å². The third-order valence-electron chi connectivity index (χ3n) is 3.51. The van der Waals surface area contributed by atoms with Crippen molar-refractivity contribution in [1.82, 2.24) is 0 Å². The van der Waals surface area contributed by atoms with Crippen LogP contribution in [0, 0.1) is 5.92 Å². The Morgan fingerprint density at radius 2 is 2.21 bits per heavy atom. The highest BCUT2D eigenvalue weighted by Crippen LogP contribution is 2.34. The Bertz CT molecular complexity index is 509. The number of carbonyl (C=O) groups excluding carboxylic acids is 1. The van der Waals surface area contributed by atoms with Crippen LogP contribution in [0.4, 0.5) is 0 Å². The number of hydrogen-bond donors (Lipinski definition) is 0. The van der Waals surface area contributed by atoms with Gasteiger partial charge in [0.2, 0.25) is 0 Å². The Morgan fingerprint density at radius 3 is 2.89 bits per heavy atom. The van der Waals surface area contributed by atoms with E-state index in [9.17, 15) is 4.79 Å². The molecule has 2 rings (SSSR count). The largest absolute Gasteiger partial charge is 0.466 e. The predicted molar refractivity (Wildman–Crippen MR) is 77.6 cm³/mol. The molecule has 0 saturated heterocycles. The second kappa shape index (κ2) is 6.44. The van der Waals surface area contributed by atoms with Crippen molar-refractivity contribution in [3.63, 3.8) is 0 Å². The Hall–Kier alpha value is -0.990. The van der Waals surface area contributed by atoms with Gasteiger partial charge in [-0.15, -0.1) is 0 Å². The molecule has 0 heterocycles. The normalized spacial score (nSPS) is 20.8. The number of hydrogen-bond acceptors (Lipinski definition) is 2. The second-order valence-corrected chi connectivity index (χ2v) is 5.60. The van der Waals surface area contributed by atoms with Gasteiger partial charge >= 0.3 is 5.97 Å². The van der Waals surface area contributed by atoms with Crippen LogP contribution in [0.3, 0.4) is 0 Å². The van der Waals surface area contributed by atoms with Gasteiger partial charge in [-0.25, -0.2) is 4.79 Å². The lowest BCUT2D eigenvalue weighted by molar-refractivity contribution is -0.134. The van der Waals surface area contributed by atoms with E-state index in [1.54, 1.807) is 6.08 Å². The molecule has 1 atom stereocenters. The zero-order chi connectivity index (χ0) is 13.8. The van der Waals surface area contributed by atoms with E-state index < -0.39 is 0 Å². The van der Waals surface area contributed by atoms with Crippen molar-refractivity contribution < 1.29 is 9.53 Å². The molecule has 0 spiro atoms. The fourth-order valence-corrected chi connectivity index (χ4v) is 2.85. The number of ether oxygens (including phenoxy) is 1. The number of esters is 1. The molecule has 1 saturated carbocycles. The van der Waals surface area contributed by atoms with Gasteiger partial charge in [0.25, 0.3) is 0 Å². The molecule has 2 nitrogen and oxygen atoms in total. The molecule has 1 aromatic carbocycles. The van der Waals surface area contributed by atoms with Crippen molar-refractivity contribution in [2.75, 3.05) is 7.11 Å². The molecule has 0 radical (unpaired) electrons. The quantitative estimate of drug-likeness (QED) is 0.609. The molecule has 0 N–H and O–H groups in total. The smallest absolute Gasteiger partial charge is 0.330 e. The number of carbonyl (C=O) groups is 1. The van der Waals surface area contributed by atoms with Crippen LogP contribution in [0.2, 0.25) is 10.0 Å². The Labute approximate surface area is 123 Å². The average Bonchev–Trinajstić information content (AvgIpc) is 2.81. The molecule has 0 bridgehead atoms. The minimum Gasteiger partial charge on any atom is -0.466 e. The molecular formula is C15H16Cl2O2. The Balaban J connectivity index is 2.11. The van der Waals surface area contributed by atoms with E-state index in [1.807, 2.05) is 18.2 Å². The summed E-state index contributed by atoms with van der Waals surface area (Å²) in [6, 6.07) is 5.71. The van der Waals surface area contributed by atoms with E-state index in [2.05, 4.69) is 0 Å². The molecule has 0 amide bonds. The van der Waals surface area contributed by atoms with Gasteiger partial charge in [-0.05, 0) is 49.3 Å². The zero-order valence-corrected chi connectivity index (χ0v) is 12.3. The highest BCUT2D eigenvalue weighted by atomic mass is 35.5. The summed E-state index contributed by atoms with van der Waals surface area (Å²) in [5.74, 6) is 0.132. The van der Waals surface area contributed by atoms with Gasteiger partial charge in [0.1, 0.15) is 0 Å². The molecule has 0 unspecified atom stereocenters. The fourth-order valence-electron chi connectivity index (χ4n) is 2.53. The molecule has 102 valence electrons. The van der Waals surface area contributed by atoms with Gasteiger partial charge in [0.15, 0.2) is 0 Å². The van der Waals surface area contributed by atoms with E-state index in [0.29, 0.717) is 16.0 Å². The zero-order valence-electron chi connectivity index (χ0n) is 10.8. The first kappa shape index (κ1) is 14.4. The van der Waals surface area contributed by atoms with E-state index >= 15 is 0 Å². The molecule has 0 aliphatic heterocycles. The topological polar surface area (TPSA) is 26.3 Å². The lowest BCUT2D eigenvalue weighted by atomic mass is 9.94. The first-order chi connectivity index (χ1) is 9.10. The van der Waals surface area contributed by atoms with Crippen molar-refractivity contribution in [1.29, 1.82) is 0 Å². The van der Waals surface area contributed by atoms with Gasteiger partial charge in [-0.2, -0.15) is 0 Å². The molecule has 4 heteroatoms. The maximum absolute atomic E-state index is 11.3. The number of benzene rings is 1. The van der Waals surface area contributed by atoms with Crippen LogP contribution in [-0.2, 0) is 16.0 Å². The summed E-state index contributed by atoms with van der Waals surface area (Å²) < 4.78 is 4.69. The van der Waals surface area contributed by atoms with Crippen LogP contribution in [0.1, 0.15) is 24.8 Å². The molecular weight excluding hydrogens is 283 g/mol. The lowest BCUT2D eigenvalue weighted by Crippen LogP contribution is -2.05. The molecule has 1 aromatic rings. The van der Waals surface area contributed by atoms with Gasteiger partial charge in [-0.3, -0.25) is 0 Å². The first-order valence-electron chi connectivity index (χ1n) is 6.32. The van der Waals surface area contributed by atoms with Crippen LogP contribution < -0.4 is 0 Å². The van der Waals surface area contributed by atoms with Crippen molar-refractivity contribution in [2.24, 2.45) is 5.92 Å². The maximum atomic E-state index is 11.3. The van der Waals surface area contributed by atoms with Gasteiger partial charge in [0, 0.05) is 6.08 Å². The maximum Gasteiger partial charge on any atom is 0.330 e. The summed E-state index contributed by atoms with van der Waals surface area (Å²) >= 11 is 11.9. The van der Waals surface area contributed by atoms with Crippen molar-refractivity contribution >= 4 is 29.2 Å². The Morgan fingerprint density at radius 1 is 1.42 bits per heavy atom. The molecule has 1 aliphatic carbocycles. The second-order valence-electron chi connectivity index (χ2n) is 4.78. The number of halogens is 2. The minimum absolute atomic E-state index is 0.268. The highest BCUT2D eigenvalue weighted by molar-refractivity contribution is 6.42. The van der Waals surface area contributed by atoms with E-state index in [-0.39, 0.29) is 5.97 Å². The molecule has 0 aromatic heterocycles.